The van der Waals surface area contributed by atoms with Crippen molar-refractivity contribution < 1.29 is 39.9 Å². The van der Waals surface area contributed by atoms with E-state index in [2.05, 4.69) is 20.7 Å². The number of ketones is 3. The minimum absolute atomic E-state index is 0.0967. The van der Waals surface area contributed by atoms with E-state index in [0.29, 0.717) is 58.8 Å². The number of aliphatic hydroxyl groups excluding tert-OH is 1. The van der Waals surface area contributed by atoms with E-state index in [9.17, 15) is 24.3 Å². The highest BCUT2D eigenvalue weighted by atomic mass is 16.5. The number of amides is 1. The van der Waals surface area contributed by atoms with Crippen LogP contribution < -0.4 is 10.6 Å². The van der Waals surface area contributed by atoms with Gasteiger partial charge in [0.1, 0.15) is 13.2 Å². The van der Waals surface area contributed by atoms with E-state index in [1.807, 2.05) is 30.3 Å². The van der Waals surface area contributed by atoms with Crippen LogP contribution in [0.15, 0.2) is 59.7 Å². The lowest BCUT2D eigenvalue weighted by molar-refractivity contribution is -0.134. The van der Waals surface area contributed by atoms with Crippen molar-refractivity contribution in [3.05, 3.63) is 81.7 Å². The number of benzene rings is 2. The number of azide groups is 1. The van der Waals surface area contributed by atoms with Gasteiger partial charge in [-0.1, -0.05) is 66.6 Å². The molecular formula is C37H53N5O8. The quantitative estimate of drug-likeness (QED) is 0.0468. The number of nitrogens with zero attached hydrogens (tertiary/aromatic N) is 3. The average molecular weight is 698 g/mol. The lowest BCUT2D eigenvalue weighted by Gasteiger charge is -2.22. The van der Waals surface area contributed by atoms with E-state index in [1.54, 1.807) is 24.3 Å². The van der Waals surface area contributed by atoms with Gasteiger partial charge in [0.05, 0.1) is 32.5 Å². The van der Waals surface area contributed by atoms with Crippen LogP contribution in [0.2, 0.25) is 0 Å². The Bertz CT molecular complexity index is 1340. The number of aliphatic hydroxyl groups is 1. The fraction of sp³-hybridized carbons (Fsp3) is 0.568. The Morgan fingerprint density at radius 3 is 2.32 bits per heavy atom. The van der Waals surface area contributed by atoms with Gasteiger partial charge in [-0.15, -0.1) is 0 Å². The SMILES string of the molecule is [3H]CCNCCCCC(NC(=O)C(CC(=O)COCC(=O)CCCOCCOCCN=[N+]=[N-])Cc1ccccc1)C(=O)Cc1ccc(CO)cc1. The maximum atomic E-state index is 13.8. The zero-order chi connectivity index (χ0) is 36.9. The number of hydrogen-bond acceptors (Lipinski definition) is 10. The molecule has 2 aromatic rings. The molecule has 3 N–H and O–H groups in total. The second-order valence-corrected chi connectivity index (χ2v) is 11.9. The van der Waals surface area contributed by atoms with E-state index < -0.39 is 17.9 Å². The molecule has 2 unspecified atom stereocenters. The number of unbranched alkanes of at least 4 members (excludes halogenated alkanes) is 1. The smallest absolute Gasteiger partial charge is 0.224 e. The van der Waals surface area contributed by atoms with Gasteiger partial charge in [-0.25, -0.2) is 0 Å². The first-order chi connectivity index (χ1) is 24.9. The molecule has 1 amide bonds. The molecule has 0 aliphatic carbocycles. The van der Waals surface area contributed by atoms with Crippen molar-refractivity contribution >= 4 is 23.3 Å². The topological polar surface area (TPSA) is 189 Å². The van der Waals surface area contributed by atoms with E-state index in [1.165, 1.54) is 0 Å². The van der Waals surface area contributed by atoms with Crippen molar-refractivity contribution in [2.24, 2.45) is 11.0 Å². The van der Waals surface area contributed by atoms with Gasteiger partial charge in [0, 0.05) is 44.6 Å². The normalized spacial score (nSPS) is 12.4. The van der Waals surface area contributed by atoms with Crippen molar-refractivity contribution in [1.82, 2.24) is 10.6 Å². The van der Waals surface area contributed by atoms with Gasteiger partial charge in [-0.3, -0.25) is 19.2 Å². The van der Waals surface area contributed by atoms with Crippen LogP contribution >= 0.6 is 0 Å². The first-order valence-electron chi connectivity index (χ1n) is 17.9. The largest absolute Gasteiger partial charge is 0.392 e. The third kappa shape index (κ3) is 19.3. The molecule has 0 saturated carbocycles. The lowest BCUT2D eigenvalue weighted by atomic mass is 9.92. The summed E-state index contributed by atoms with van der Waals surface area (Å²) in [7, 11) is 0. The van der Waals surface area contributed by atoms with Crippen molar-refractivity contribution in [1.29, 1.82) is 0 Å². The third-order valence-electron chi connectivity index (χ3n) is 7.77. The van der Waals surface area contributed by atoms with Crippen LogP contribution in [0.25, 0.3) is 10.4 Å². The summed E-state index contributed by atoms with van der Waals surface area (Å²) in [5, 5.41) is 18.8. The Labute approximate surface area is 296 Å². The molecule has 0 aliphatic heterocycles. The molecular weight excluding hydrogens is 642 g/mol. The van der Waals surface area contributed by atoms with Crippen molar-refractivity contribution in [3.63, 3.8) is 0 Å². The zero-order valence-corrected chi connectivity index (χ0v) is 28.9. The van der Waals surface area contributed by atoms with Gasteiger partial charge in [0.15, 0.2) is 17.3 Å². The van der Waals surface area contributed by atoms with Crippen LogP contribution in [0.3, 0.4) is 0 Å². The van der Waals surface area contributed by atoms with E-state index in [4.69, 9.17) is 21.1 Å². The van der Waals surface area contributed by atoms with Gasteiger partial charge in [-0.05, 0) is 67.4 Å². The summed E-state index contributed by atoms with van der Waals surface area (Å²) in [6.07, 6.45) is 2.88. The predicted molar refractivity (Wildman–Crippen MR) is 189 cm³/mol. The van der Waals surface area contributed by atoms with Crippen molar-refractivity contribution in [3.8, 4) is 0 Å². The van der Waals surface area contributed by atoms with Crippen molar-refractivity contribution in [2.75, 3.05) is 59.3 Å². The summed E-state index contributed by atoms with van der Waals surface area (Å²) in [5.41, 5.74) is 10.6. The van der Waals surface area contributed by atoms with E-state index >= 15 is 0 Å². The standard InChI is InChI=1S/C37H53N5O8/c1-2-39-17-7-6-12-35(36(46)24-30-13-15-31(26-43)16-14-30)41-37(47)32(23-29-9-4-3-5-10-29)25-34(45)28-50-27-33(44)11-8-19-48-21-22-49-20-18-40-42-38/h3-5,9-10,13-16,32,35,39,43H,2,6-8,11-12,17-28H2,1H3,(H,41,47)/i1T. The van der Waals surface area contributed by atoms with Crippen LogP contribution in [0, 0.1) is 5.92 Å². The minimum Gasteiger partial charge on any atom is -0.392 e. The average Bonchev–Trinajstić information content (AvgIpc) is 3.13. The summed E-state index contributed by atoms with van der Waals surface area (Å²) >= 11 is 0. The molecule has 0 bridgehead atoms. The molecule has 274 valence electrons. The fourth-order valence-corrected chi connectivity index (χ4v) is 5.10. The predicted octanol–water partition coefficient (Wildman–Crippen LogP) is 4.08. The molecule has 0 aromatic heterocycles. The van der Waals surface area contributed by atoms with Crippen LogP contribution in [0.1, 0.15) is 63.5 Å². The Hall–Kier alpha value is -3.97. The second kappa shape index (κ2) is 26.8. The van der Waals surface area contributed by atoms with Crippen LogP contribution in [-0.4, -0.2) is 93.7 Å². The highest BCUT2D eigenvalue weighted by molar-refractivity contribution is 5.93. The van der Waals surface area contributed by atoms with Gasteiger partial charge in [-0.2, -0.15) is 0 Å². The summed E-state index contributed by atoms with van der Waals surface area (Å²) in [6.45, 7) is 2.58. The summed E-state index contributed by atoms with van der Waals surface area (Å²) in [5.74, 6) is -1.79. The Morgan fingerprint density at radius 1 is 0.880 bits per heavy atom. The highest BCUT2D eigenvalue weighted by Crippen LogP contribution is 2.16. The van der Waals surface area contributed by atoms with Gasteiger partial charge >= 0.3 is 0 Å². The molecule has 13 heteroatoms. The Kier molecular flexibility index (Phi) is 21.7. The summed E-state index contributed by atoms with van der Waals surface area (Å²) in [4.78, 5) is 55.2. The Morgan fingerprint density at radius 2 is 1.60 bits per heavy atom. The maximum absolute atomic E-state index is 13.8. The van der Waals surface area contributed by atoms with Gasteiger partial charge in [0.2, 0.25) is 5.91 Å². The first-order valence-corrected chi connectivity index (χ1v) is 17.2. The molecule has 0 spiro atoms. The van der Waals surface area contributed by atoms with Gasteiger partial charge < -0.3 is 30.0 Å². The van der Waals surface area contributed by atoms with Crippen molar-refractivity contribution in [2.45, 2.75) is 70.9 Å². The minimum atomic E-state index is -0.755. The van der Waals surface area contributed by atoms with Gasteiger partial charge in [0.25, 0.3) is 0 Å². The number of carbonyl (C=O) groups is 4. The number of rotatable bonds is 30. The number of ether oxygens (including phenoxy) is 3. The lowest BCUT2D eigenvalue weighted by Crippen LogP contribution is -2.45. The van der Waals surface area contributed by atoms with Crippen LogP contribution in [0.4, 0.5) is 0 Å². The first kappa shape index (κ1) is 40.5. The second-order valence-electron chi connectivity index (χ2n) is 11.9. The maximum Gasteiger partial charge on any atom is 0.224 e. The number of carbonyl (C=O) groups excluding carboxylic acids is 4. The third-order valence-corrected chi connectivity index (χ3v) is 7.77. The monoisotopic (exact) mass is 697 g/mol. The molecule has 50 heavy (non-hydrogen) atoms. The number of Topliss-reactive ketones (excluding diaryl/α,β-unsaturated/α-hetero) is 3. The highest BCUT2D eigenvalue weighted by Gasteiger charge is 2.27. The molecule has 13 nitrogen and oxygen atoms in total. The molecule has 2 atom stereocenters. The Balaban J connectivity index is 1.92. The molecule has 0 radical (unpaired) electrons. The molecule has 2 aromatic carbocycles. The molecule has 0 saturated heterocycles. The van der Waals surface area contributed by atoms with E-state index in [0.717, 1.165) is 23.1 Å². The zero-order valence-electron chi connectivity index (χ0n) is 29.9. The number of hydrogen-bond donors (Lipinski definition) is 3. The van der Waals surface area contributed by atoms with Crippen LogP contribution in [-0.2, 0) is 52.8 Å². The van der Waals surface area contributed by atoms with E-state index in [-0.39, 0.29) is 76.3 Å². The summed E-state index contributed by atoms with van der Waals surface area (Å²) in [6, 6.07) is 15.7. The molecule has 0 aliphatic rings. The fourth-order valence-electron chi connectivity index (χ4n) is 5.10. The summed E-state index contributed by atoms with van der Waals surface area (Å²) < 4.78 is 23.3. The number of nitrogens with one attached hydrogen (secondary N) is 2. The van der Waals surface area contributed by atoms with Crippen LogP contribution in [0.5, 0.6) is 0 Å². The molecule has 0 heterocycles. The molecule has 0 fully saturated rings. The molecule has 2 rings (SSSR count).